The minimum absolute atomic E-state index is 0.101. The first-order valence-electron chi connectivity index (χ1n) is 8.87. The van der Waals surface area contributed by atoms with Crippen LogP contribution in [0.2, 0.25) is 0 Å². The van der Waals surface area contributed by atoms with Crippen LogP contribution in [0, 0.1) is 13.8 Å². The second kappa shape index (κ2) is 6.40. The molecule has 0 spiro atoms. The van der Waals surface area contributed by atoms with E-state index in [0.717, 1.165) is 41.9 Å². The third-order valence-corrected chi connectivity index (χ3v) is 4.80. The molecule has 2 aromatic rings. The number of nitrogens with one attached hydrogen (secondary N) is 1. The number of benzene rings is 1. The van der Waals surface area contributed by atoms with Gasteiger partial charge in [-0.2, -0.15) is 10.2 Å². The molecule has 26 heavy (non-hydrogen) atoms. The van der Waals surface area contributed by atoms with Crippen LogP contribution in [0.15, 0.2) is 29.4 Å². The molecule has 134 valence electrons. The summed E-state index contributed by atoms with van der Waals surface area (Å²) < 4.78 is 1.92. The molecule has 3 heterocycles. The van der Waals surface area contributed by atoms with Crippen molar-refractivity contribution in [3.63, 3.8) is 0 Å². The first-order valence-corrected chi connectivity index (χ1v) is 8.87. The predicted octanol–water partition coefficient (Wildman–Crippen LogP) is 2.57. The molecule has 0 saturated carbocycles. The third-order valence-electron chi connectivity index (χ3n) is 4.80. The van der Waals surface area contributed by atoms with Crippen molar-refractivity contribution >= 4 is 29.0 Å². The van der Waals surface area contributed by atoms with Gasteiger partial charge in [-0.15, -0.1) is 0 Å². The topological polar surface area (TPSA) is 79.6 Å². The van der Waals surface area contributed by atoms with E-state index in [2.05, 4.69) is 15.5 Å². The van der Waals surface area contributed by atoms with Gasteiger partial charge >= 0.3 is 0 Å². The van der Waals surface area contributed by atoms with Gasteiger partial charge in [-0.25, -0.2) is 5.01 Å². The van der Waals surface area contributed by atoms with Crippen molar-refractivity contribution in [3.05, 3.63) is 41.1 Å². The molecule has 0 atom stereocenters. The van der Waals surface area contributed by atoms with Crippen LogP contribution in [-0.4, -0.2) is 27.3 Å². The van der Waals surface area contributed by atoms with Gasteiger partial charge in [-0.1, -0.05) is 12.1 Å². The van der Waals surface area contributed by atoms with Crippen LogP contribution in [0.4, 0.5) is 11.5 Å². The Morgan fingerprint density at radius 1 is 1.15 bits per heavy atom. The maximum absolute atomic E-state index is 12.6. The second-order valence-electron chi connectivity index (χ2n) is 6.84. The molecule has 2 amide bonds. The van der Waals surface area contributed by atoms with E-state index in [1.165, 1.54) is 5.01 Å². The average molecular weight is 351 g/mol. The zero-order valence-corrected chi connectivity index (χ0v) is 15.0. The smallest absolute Gasteiger partial charge is 0.273 e. The van der Waals surface area contributed by atoms with Crippen LogP contribution in [0.3, 0.4) is 0 Å². The zero-order valence-electron chi connectivity index (χ0n) is 15.0. The Balaban J connectivity index is 1.57. The molecular formula is C19H21N5O2. The van der Waals surface area contributed by atoms with E-state index in [1.54, 1.807) is 0 Å². The van der Waals surface area contributed by atoms with Crippen molar-refractivity contribution in [3.8, 4) is 0 Å². The second-order valence-corrected chi connectivity index (χ2v) is 6.84. The number of aryl methyl sites for hydroxylation is 4. The highest BCUT2D eigenvalue weighted by atomic mass is 16.2. The van der Waals surface area contributed by atoms with Gasteiger partial charge in [0.05, 0.1) is 5.69 Å². The van der Waals surface area contributed by atoms with E-state index in [4.69, 9.17) is 0 Å². The van der Waals surface area contributed by atoms with E-state index >= 15 is 0 Å². The van der Waals surface area contributed by atoms with E-state index in [1.807, 2.05) is 42.8 Å². The van der Waals surface area contributed by atoms with Crippen LogP contribution >= 0.6 is 0 Å². The lowest BCUT2D eigenvalue weighted by atomic mass is 10.1. The van der Waals surface area contributed by atoms with E-state index in [9.17, 15) is 9.59 Å². The number of carbonyl (C=O) groups is 2. The lowest BCUT2D eigenvalue weighted by Gasteiger charge is -2.24. The number of anilines is 2. The lowest BCUT2D eigenvalue weighted by molar-refractivity contribution is -0.118. The first kappa shape index (κ1) is 16.5. The number of carbonyl (C=O) groups excluding carboxylic acids is 2. The average Bonchev–Trinajstić information content (AvgIpc) is 3.19. The number of aromatic nitrogens is 2. The minimum atomic E-state index is -0.301. The summed E-state index contributed by atoms with van der Waals surface area (Å²) in [5.74, 6) is 0.142. The molecule has 7 nitrogen and oxygen atoms in total. The van der Waals surface area contributed by atoms with Crippen molar-refractivity contribution in [2.24, 2.45) is 5.10 Å². The highest BCUT2D eigenvalue weighted by molar-refractivity contribution is 6.44. The zero-order chi connectivity index (χ0) is 18.3. The van der Waals surface area contributed by atoms with Crippen LogP contribution in [0.5, 0.6) is 0 Å². The van der Waals surface area contributed by atoms with E-state index < -0.39 is 0 Å². The van der Waals surface area contributed by atoms with Gasteiger partial charge in [-0.3, -0.25) is 14.3 Å². The van der Waals surface area contributed by atoms with Crippen molar-refractivity contribution < 1.29 is 9.59 Å². The molecular weight excluding hydrogens is 330 g/mol. The number of amides is 2. The van der Waals surface area contributed by atoms with Crippen molar-refractivity contribution in [1.29, 1.82) is 0 Å². The van der Waals surface area contributed by atoms with Gasteiger partial charge in [0.15, 0.2) is 5.82 Å². The maximum atomic E-state index is 12.6. The molecule has 1 aromatic heterocycles. The number of hydrogen-bond acceptors (Lipinski definition) is 4. The predicted molar refractivity (Wildman–Crippen MR) is 99.2 cm³/mol. The van der Waals surface area contributed by atoms with Gasteiger partial charge in [0.1, 0.15) is 5.71 Å². The molecule has 2 aliphatic rings. The van der Waals surface area contributed by atoms with Gasteiger partial charge < -0.3 is 5.32 Å². The standard InChI is InChI=1S/C19H21N5O2/c1-12-5-6-13(2)16(10-12)24-18(25)8-7-15(21-24)19(26)20-17-11-14-4-3-9-23(14)22-17/h5-6,10-11H,3-4,7-9H2,1-2H3,(H,20,22,26). The molecule has 0 fully saturated rings. The largest absolute Gasteiger partial charge is 0.304 e. The molecule has 0 saturated heterocycles. The summed E-state index contributed by atoms with van der Waals surface area (Å²) in [5, 5.41) is 12.9. The number of hydrogen-bond donors (Lipinski definition) is 1. The van der Waals surface area contributed by atoms with Crippen LogP contribution in [0.1, 0.15) is 36.1 Å². The fraction of sp³-hybridized carbons (Fsp3) is 0.368. The molecule has 4 rings (SSSR count). The van der Waals surface area contributed by atoms with Crippen molar-refractivity contribution in [1.82, 2.24) is 9.78 Å². The van der Waals surface area contributed by atoms with Gasteiger partial charge in [0.25, 0.3) is 5.91 Å². The summed E-state index contributed by atoms with van der Waals surface area (Å²) >= 11 is 0. The Morgan fingerprint density at radius 3 is 2.81 bits per heavy atom. The monoisotopic (exact) mass is 351 g/mol. The fourth-order valence-electron chi connectivity index (χ4n) is 3.36. The van der Waals surface area contributed by atoms with Gasteiger partial charge in [0.2, 0.25) is 5.91 Å². The van der Waals surface area contributed by atoms with E-state index in [-0.39, 0.29) is 18.2 Å². The Labute approximate surface area is 151 Å². The quantitative estimate of drug-likeness (QED) is 0.923. The van der Waals surface area contributed by atoms with Crippen molar-refractivity contribution in [2.75, 3.05) is 10.3 Å². The number of hydrazone groups is 1. The summed E-state index contributed by atoms with van der Waals surface area (Å²) in [5.41, 5.74) is 4.19. The lowest BCUT2D eigenvalue weighted by Crippen LogP contribution is -2.36. The first-order chi connectivity index (χ1) is 12.5. The number of fused-ring (bicyclic) bond motifs is 1. The van der Waals surface area contributed by atoms with Gasteiger partial charge in [0, 0.05) is 31.1 Å². The summed E-state index contributed by atoms with van der Waals surface area (Å²) in [6.45, 7) is 4.78. The summed E-state index contributed by atoms with van der Waals surface area (Å²) in [7, 11) is 0. The van der Waals surface area contributed by atoms with Gasteiger partial charge in [-0.05, 0) is 43.9 Å². The highest BCUT2D eigenvalue weighted by Gasteiger charge is 2.27. The molecule has 0 bridgehead atoms. The van der Waals surface area contributed by atoms with Crippen LogP contribution < -0.4 is 10.3 Å². The molecule has 1 N–H and O–H groups in total. The van der Waals surface area contributed by atoms with Crippen LogP contribution in [0.25, 0.3) is 0 Å². The fourth-order valence-corrected chi connectivity index (χ4v) is 3.36. The summed E-state index contributed by atoms with van der Waals surface area (Å²) in [4.78, 5) is 25.0. The number of rotatable bonds is 3. The highest BCUT2D eigenvalue weighted by Crippen LogP contribution is 2.26. The molecule has 2 aliphatic heterocycles. The summed E-state index contributed by atoms with van der Waals surface area (Å²) in [6, 6.07) is 7.76. The molecule has 0 unspecified atom stereocenters. The normalized spacial score (nSPS) is 16.5. The summed E-state index contributed by atoms with van der Waals surface area (Å²) in [6.07, 6.45) is 2.67. The maximum Gasteiger partial charge on any atom is 0.273 e. The number of nitrogens with zero attached hydrogens (tertiary/aromatic N) is 4. The van der Waals surface area contributed by atoms with Crippen molar-refractivity contribution in [2.45, 2.75) is 46.1 Å². The molecule has 0 radical (unpaired) electrons. The van der Waals surface area contributed by atoms with Crippen LogP contribution in [-0.2, 0) is 22.6 Å². The SMILES string of the molecule is Cc1ccc(C)c(N2N=C(C(=O)Nc3cc4n(n3)CCC4)CCC2=O)c1. The Hall–Kier alpha value is -2.96. The van der Waals surface area contributed by atoms with E-state index in [0.29, 0.717) is 18.0 Å². The Morgan fingerprint density at radius 2 is 2.00 bits per heavy atom. The Kier molecular flexibility index (Phi) is 4.06. The minimum Gasteiger partial charge on any atom is -0.304 e. The molecule has 7 heteroatoms. The third kappa shape index (κ3) is 3.00. The molecule has 0 aliphatic carbocycles. The Bertz CT molecular complexity index is 907. The molecule has 1 aromatic carbocycles.